The van der Waals surface area contributed by atoms with Crippen molar-refractivity contribution in [3.8, 4) is 0 Å². The Morgan fingerprint density at radius 1 is 1.00 bits per heavy atom. The number of carbonyl (C=O) groups excluding carboxylic acids is 2. The minimum absolute atomic E-state index is 0.0435. The maximum atomic E-state index is 13.0. The van der Waals surface area contributed by atoms with Crippen molar-refractivity contribution in [3.05, 3.63) is 70.1 Å². The lowest BCUT2D eigenvalue weighted by atomic mass is 10.1. The molecule has 0 bridgehead atoms. The van der Waals surface area contributed by atoms with Crippen molar-refractivity contribution in [2.24, 2.45) is 5.92 Å². The van der Waals surface area contributed by atoms with Gasteiger partial charge in [-0.2, -0.15) is 5.10 Å². The molecule has 2 N–H and O–H groups in total. The van der Waals surface area contributed by atoms with Gasteiger partial charge in [0, 0.05) is 30.1 Å². The van der Waals surface area contributed by atoms with Gasteiger partial charge in [0.2, 0.25) is 5.91 Å². The van der Waals surface area contributed by atoms with E-state index in [-0.39, 0.29) is 29.0 Å². The molecule has 1 aromatic heterocycles. The Balaban J connectivity index is 1.76. The van der Waals surface area contributed by atoms with Crippen LogP contribution in [0.2, 0.25) is 0 Å². The Bertz CT molecular complexity index is 1150. The van der Waals surface area contributed by atoms with Crippen molar-refractivity contribution in [2.45, 2.75) is 53.1 Å². The largest absolute Gasteiger partial charge is 0.347 e. The Labute approximate surface area is 187 Å². The number of amides is 2. The summed E-state index contributed by atoms with van der Waals surface area (Å²) in [4.78, 5) is 37.5. The van der Waals surface area contributed by atoms with Crippen LogP contribution in [0.1, 0.15) is 56.1 Å². The van der Waals surface area contributed by atoms with Crippen molar-refractivity contribution < 1.29 is 9.59 Å². The van der Waals surface area contributed by atoms with Crippen LogP contribution < -0.4 is 16.2 Å². The Morgan fingerprint density at radius 2 is 1.69 bits per heavy atom. The van der Waals surface area contributed by atoms with Gasteiger partial charge in [-0.05, 0) is 30.2 Å². The molecule has 0 aliphatic carbocycles. The molecule has 7 nitrogen and oxygen atoms in total. The fraction of sp³-hybridized carbons (Fsp3) is 0.360. The zero-order valence-electron chi connectivity index (χ0n) is 18.9. The van der Waals surface area contributed by atoms with Gasteiger partial charge >= 0.3 is 0 Å². The summed E-state index contributed by atoms with van der Waals surface area (Å²) >= 11 is 0. The van der Waals surface area contributed by atoms with E-state index in [9.17, 15) is 14.4 Å². The number of nitrogens with zero attached hydrogens (tertiary/aromatic N) is 2. The van der Waals surface area contributed by atoms with Gasteiger partial charge in [0.05, 0.1) is 5.39 Å². The van der Waals surface area contributed by atoms with E-state index in [1.54, 1.807) is 24.3 Å². The third-order valence-electron chi connectivity index (χ3n) is 5.26. The van der Waals surface area contributed by atoms with Gasteiger partial charge in [0.1, 0.15) is 0 Å². The van der Waals surface area contributed by atoms with Crippen LogP contribution in [0.15, 0.2) is 53.3 Å². The van der Waals surface area contributed by atoms with Crippen molar-refractivity contribution >= 4 is 28.3 Å². The zero-order chi connectivity index (χ0) is 23.1. The normalized spacial score (nSPS) is 11.0. The lowest BCUT2D eigenvalue weighted by Gasteiger charge is -2.12. The molecule has 0 atom stereocenters. The molecule has 0 saturated carbocycles. The fourth-order valence-corrected chi connectivity index (χ4v) is 3.32. The molecule has 1 heterocycles. The number of hydrogen-bond donors (Lipinski definition) is 2. The van der Waals surface area contributed by atoms with E-state index in [1.165, 1.54) is 4.68 Å². The minimum Gasteiger partial charge on any atom is -0.347 e. The fourth-order valence-electron chi connectivity index (χ4n) is 3.32. The molecule has 7 heteroatoms. The van der Waals surface area contributed by atoms with Gasteiger partial charge in [-0.15, -0.1) is 0 Å². The van der Waals surface area contributed by atoms with E-state index in [0.29, 0.717) is 29.5 Å². The second-order valence-corrected chi connectivity index (χ2v) is 8.15. The average Bonchev–Trinajstić information content (AvgIpc) is 2.80. The monoisotopic (exact) mass is 434 g/mol. The smallest absolute Gasteiger partial charge is 0.274 e. The van der Waals surface area contributed by atoms with Crippen LogP contribution in [0.5, 0.6) is 0 Å². The number of fused-ring (bicyclic) bond motifs is 1. The molecule has 168 valence electrons. The van der Waals surface area contributed by atoms with Crippen LogP contribution in [0.4, 0.5) is 5.69 Å². The van der Waals surface area contributed by atoms with E-state index < -0.39 is 0 Å². The number of unbranched alkanes of at least 4 members (excludes halogenated alkanes) is 2. The summed E-state index contributed by atoms with van der Waals surface area (Å²) in [5, 5.41) is 11.2. The second kappa shape index (κ2) is 10.7. The van der Waals surface area contributed by atoms with Crippen molar-refractivity contribution in [3.63, 3.8) is 0 Å². The van der Waals surface area contributed by atoms with E-state index in [4.69, 9.17) is 0 Å². The molecule has 32 heavy (non-hydrogen) atoms. The predicted molar refractivity (Wildman–Crippen MR) is 127 cm³/mol. The summed E-state index contributed by atoms with van der Waals surface area (Å²) in [5.41, 5.74) is 1.68. The summed E-state index contributed by atoms with van der Waals surface area (Å²) < 4.78 is 1.40. The topological polar surface area (TPSA) is 93.1 Å². The number of aromatic nitrogens is 2. The molecular formula is C25H30N4O3. The molecular weight excluding hydrogens is 404 g/mol. The highest BCUT2D eigenvalue weighted by Crippen LogP contribution is 2.15. The molecule has 0 unspecified atom stereocenters. The van der Waals surface area contributed by atoms with Crippen LogP contribution in [-0.2, 0) is 17.9 Å². The third-order valence-corrected chi connectivity index (χ3v) is 5.26. The number of anilines is 1. The number of carbonyl (C=O) groups is 2. The van der Waals surface area contributed by atoms with Gasteiger partial charge in [0.15, 0.2) is 5.69 Å². The van der Waals surface area contributed by atoms with E-state index in [1.807, 2.05) is 38.1 Å². The lowest BCUT2D eigenvalue weighted by Crippen LogP contribution is -2.30. The number of nitrogens with one attached hydrogen (secondary N) is 2. The van der Waals surface area contributed by atoms with E-state index in [2.05, 4.69) is 22.7 Å². The number of aryl methyl sites for hydroxylation is 1. The van der Waals surface area contributed by atoms with Gasteiger partial charge in [-0.1, -0.05) is 63.9 Å². The van der Waals surface area contributed by atoms with Crippen LogP contribution in [-0.4, -0.2) is 21.6 Å². The zero-order valence-corrected chi connectivity index (χ0v) is 18.9. The first kappa shape index (κ1) is 23.2. The summed E-state index contributed by atoms with van der Waals surface area (Å²) in [6.07, 6.45) is 2.87. The van der Waals surface area contributed by atoms with Crippen LogP contribution in [0.25, 0.3) is 10.8 Å². The molecule has 0 saturated heterocycles. The van der Waals surface area contributed by atoms with E-state index >= 15 is 0 Å². The average molecular weight is 435 g/mol. The minimum atomic E-state index is -0.331. The quantitative estimate of drug-likeness (QED) is 0.496. The van der Waals surface area contributed by atoms with Gasteiger partial charge in [-0.25, -0.2) is 4.68 Å². The predicted octanol–water partition coefficient (Wildman–Crippen LogP) is 4.11. The highest BCUT2D eigenvalue weighted by molar-refractivity contribution is 6.04. The second-order valence-electron chi connectivity index (χ2n) is 8.15. The Hall–Kier alpha value is -3.48. The van der Waals surface area contributed by atoms with E-state index in [0.717, 1.165) is 24.8 Å². The van der Waals surface area contributed by atoms with Crippen LogP contribution >= 0.6 is 0 Å². The molecule has 0 aliphatic rings. The highest BCUT2D eigenvalue weighted by atomic mass is 16.2. The number of rotatable bonds is 9. The van der Waals surface area contributed by atoms with Gasteiger partial charge in [-0.3, -0.25) is 14.4 Å². The molecule has 2 aromatic carbocycles. The molecule has 0 fully saturated rings. The molecule has 3 rings (SSSR count). The van der Waals surface area contributed by atoms with Crippen molar-refractivity contribution in [2.75, 3.05) is 5.32 Å². The Kier molecular flexibility index (Phi) is 7.76. The lowest BCUT2D eigenvalue weighted by molar-refractivity contribution is -0.118. The maximum absolute atomic E-state index is 13.0. The Morgan fingerprint density at radius 3 is 2.34 bits per heavy atom. The molecule has 0 spiro atoms. The third kappa shape index (κ3) is 5.60. The summed E-state index contributed by atoms with van der Waals surface area (Å²) in [6.45, 7) is 6.57. The van der Waals surface area contributed by atoms with Crippen molar-refractivity contribution in [1.29, 1.82) is 0 Å². The molecule has 0 radical (unpaired) electrons. The molecule has 0 aliphatic heterocycles. The summed E-state index contributed by atoms with van der Waals surface area (Å²) in [7, 11) is 0. The highest BCUT2D eigenvalue weighted by Gasteiger charge is 2.16. The van der Waals surface area contributed by atoms with Crippen LogP contribution in [0.3, 0.4) is 0 Å². The molecule has 3 aromatic rings. The number of benzene rings is 2. The summed E-state index contributed by atoms with van der Waals surface area (Å²) in [5.74, 6) is -0.470. The summed E-state index contributed by atoms with van der Waals surface area (Å²) in [6, 6.07) is 14.4. The standard InChI is InChI=1S/C25H30N4O3/c1-4-5-8-15-29-25(32)21-10-7-6-9-20(21)22(28-29)24(31)26-16-18-11-13-19(14-12-18)27-23(30)17(2)3/h6-7,9-14,17H,4-5,8,15-16H2,1-3H3,(H,26,31)(H,27,30). The van der Waals surface area contributed by atoms with Gasteiger partial charge < -0.3 is 10.6 Å². The molecule has 2 amide bonds. The number of hydrogen-bond acceptors (Lipinski definition) is 4. The van der Waals surface area contributed by atoms with Crippen LogP contribution in [0, 0.1) is 5.92 Å². The van der Waals surface area contributed by atoms with Crippen molar-refractivity contribution in [1.82, 2.24) is 15.1 Å². The maximum Gasteiger partial charge on any atom is 0.274 e. The first-order chi connectivity index (χ1) is 15.4. The first-order valence-electron chi connectivity index (χ1n) is 11.1. The van der Waals surface area contributed by atoms with Gasteiger partial charge in [0.25, 0.3) is 11.5 Å². The SMILES string of the molecule is CCCCCn1nc(C(=O)NCc2ccc(NC(=O)C(C)C)cc2)c2ccccc2c1=O. The first-order valence-corrected chi connectivity index (χ1v) is 11.1.